The van der Waals surface area contributed by atoms with Crippen molar-refractivity contribution < 1.29 is 18.9 Å². The molecule has 0 atom stereocenters. The van der Waals surface area contributed by atoms with Gasteiger partial charge in [0.2, 0.25) is 0 Å². The van der Waals surface area contributed by atoms with Crippen LogP contribution < -0.4 is 29.2 Å². The first-order valence-electron chi connectivity index (χ1n) is 7.32. The number of hydrogen-bond acceptors (Lipinski definition) is 0. The second-order valence-electron chi connectivity index (χ2n) is 6.61. The second-order valence-corrected chi connectivity index (χ2v) is 29.0. The molecule has 0 nitrogen and oxygen atoms in total. The Hall–Kier alpha value is -0.312. The average Bonchev–Trinajstić information content (AvgIpc) is 2.48. The SMILES string of the molecule is C[Si-]([Si](C)(C)c1ccccc1)[Si](C)(C)c1ccccc1.[Li+]. The molecule has 0 aliphatic carbocycles. The molecule has 0 amide bonds. The van der Waals surface area contributed by atoms with Gasteiger partial charge in [0, 0.05) is 0 Å². The third-order valence-electron chi connectivity index (χ3n) is 4.87. The summed E-state index contributed by atoms with van der Waals surface area (Å²) in [6.07, 6.45) is 0. The van der Waals surface area contributed by atoms with Gasteiger partial charge in [-0.1, -0.05) is 112 Å². The Morgan fingerprint density at radius 1 is 0.619 bits per heavy atom. The molecule has 106 valence electrons. The van der Waals surface area contributed by atoms with Crippen molar-refractivity contribution in [3.63, 3.8) is 0 Å². The topological polar surface area (TPSA) is 0 Å². The van der Waals surface area contributed by atoms with Gasteiger partial charge in [0.05, 0.1) is 0 Å². The molecule has 0 bridgehead atoms. The first-order valence-corrected chi connectivity index (χ1v) is 17.3. The van der Waals surface area contributed by atoms with Gasteiger partial charge in [0.25, 0.3) is 0 Å². The Morgan fingerprint density at radius 3 is 1.19 bits per heavy atom. The minimum Gasteiger partial charge on any atom is -0.247 e. The molecular weight excluding hydrogens is 295 g/mol. The van der Waals surface area contributed by atoms with Gasteiger partial charge in [-0.25, -0.2) is 7.83 Å². The Bertz CT molecular complexity index is 501. The van der Waals surface area contributed by atoms with Gasteiger partial charge >= 0.3 is 18.9 Å². The average molecular weight is 321 g/mol. The summed E-state index contributed by atoms with van der Waals surface area (Å²) < 4.78 is 0. The molecule has 0 saturated carbocycles. The fourth-order valence-electron chi connectivity index (χ4n) is 2.92. The molecule has 2 rings (SSSR count). The summed E-state index contributed by atoms with van der Waals surface area (Å²) in [5, 5.41) is 3.26. The first kappa shape index (κ1) is 18.7. The van der Waals surface area contributed by atoms with Crippen molar-refractivity contribution in [1.29, 1.82) is 0 Å². The molecule has 0 aromatic heterocycles. The molecule has 0 spiro atoms. The molecule has 2 aromatic rings. The zero-order valence-electron chi connectivity index (χ0n) is 14.3. The summed E-state index contributed by atoms with van der Waals surface area (Å²) in [4.78, 5) is 0. The zero-order valence-corrected chi connectivity index (χ0v) is 17.3. The Kier molecular flexibility index (Phi) is 6.51. The number of hydrogen-bond donors (Lipinski definition) is 0. The molecule has 0 radical (unpaired) electrons. The van der Waals surface area contributed by atoms with Crippen LogP contribution in [-0.4, -0.2) is 23.0 Å². The van der Waals surface area contributed by atoms with Crippen molar-refractivity contribution in [2.45, 2.75) is 32.7 Å². The maximum Gasteiger partial charge on any atom is 1.00 e. The maximum atomic E-state index is 2.60. The van der Waals surface area contributed by atoms with E-state index in [1.165, 1.54) is 0 Å². The van der Waals surface area contributed by atoms with Crippen LogP contribution in [0, 0.1) is 0 Å². The van der Waals surface area contributed by atoms with Crippen LogP contribution in [0.3, 0.4) is 0 Å². The monoisotopic (exact) mass is 320 g/mol. The van der Waals surface area contributed by atoms with Gasteiger partial charge in [0.15, 0.2) is 0 Å². The third-order valence-corrected chi connectivity index (χ3v) is 36.4. The fraction of sp³-hybridized carbons (Fsp3) is 0.294. The summed E-state index contributed by atoms with van der Waals surface area (Å²) in [6, 6.07) is 22.5. The first-order chi connectivity index (χ1) is 9.37. The van der Waals surface area contributed by atoms with E-state index in [2.05, 4.69) is 93.4 Å². The van der Waals surface area contributed by atoms with E-state index in [0.717, 1.165) is 0 Å². The van der Waals surface area contributed by atoms with Crippen molar-refractivity contribution in [3.05, 3.63) is 60.7 Å². The molecule has 2 aromatic carbocycles. The number of rotatable bonds is 4. The van der Waals surface area contributed by atoms with Gasteiger partial charge in [-0.2, -0.15) is 6.55 Å². The summed E-state index contributed by atoms with van der Waals surface area (Å²) in [7, 11) is -3.04. The molecule has 0 heterocycles. The van der Waals surface area contributed by atoms with Crippen LogP contribution in [0.15, 0.2) is 60.7 Å². The largest absolute Gasteiger partial charge is 1.00 e. The van der Waals surface area contributed by atoms with E-state index in [-0.39, 0.29) is 26.7 Å². The van der Waals surface area contributed by atoms with Crippen LogP contribution in [-0.2, 0) is 0 Å². The Labute approximate surface area is 145 Å². The molecule has 0 aliphatic heterocycles. The van der Waals surface area contributed by atoms with Crippen LogP contribution in [0.1, 0.15) is 0 Å². The molecule has 4 heteroatoms. The zero-order chi connectivity index (χ0) is 14.8. The van der Waals surface area contributed by atoms with Crippen molar-refractivity contribution in [3.8, 4) is 0 Å². The molecule has 0 N–H and O–H groups in total. The van der Waals surface area contributed by atoms with Crippen LogP contribution in [0.5, 0.6) is 0 Å². The smallest absolute Gasteiger partial charge is 0.247 e. The van der Waals surface area contributed by atoms with Crippen molar-refractivity contribution in [2.24, 2.45) is 0 Å². The summed E-state index contributed by atoms with van der Waals surface area (Å²) in [6.45, 7) is 12.9. The number of benzene rings is 2. The molecular formula is C17H25LiSi3. The summed E-state index contributed by atoms with van der Waals surface area (Å²) in [5.41, 5.74) is 0. The third kappa shape index (κ3) is 3.91. The molecule has 0 unspecified atom stereocenters. The molecule has 0 saturated heterocycles. The maximum absolute atomic E-state index is 2.60. The van der Waals surface area contributed by atoms with Gasteiger partial charge in [-0.05, 0) is 0 Å². The summed E-state index contributed by atoms with van der Waals surface area (Å²) in [5.74, 6) is 0. The minimum absolute atomic E-state index is 0. The van der Waals surface area contributed by atoms with Gasteiger partial charge < -0.3 is 0 Å². The standard InChI is InChI=1S/C17H25Si3.Li/c1-18(19(2,3)16-12-8-6-9-13-16)20(4,5)17-14-10-7-11-15-17;/h6-15H,1-5H3;/q-1;+1. The predicted molar refractivity (Wildman–Crippen MR) is 98.7 cm³/mol. The Balaban J connectivity index is 0.00000220. The van der Waals surface area contributed by atoms with Crippen LogP contribution in [0.2, 0.25) is 32.7 Å². The van der Waals surface area contributed by atoms with Crippen molar-refractivity contribution in [2.75, 3.05) is 0 Å². The van der Waals surface area contributed by atoms with E-state index in [9.17, 15) is 0 Å². The van der Waals surface area contributed by atoms with Gasteiger partial charge in [0.1, 0.15) is 0 Å². The normalized spacial score (nSPS) is 12.1. The van der Waals surface area contributed by atoms with E-state index in [0.29, 0.717) is 0 Å². The molecule has 0 fully saturated rings. The van der Waals surface area contributed by atoms with E-state index >= 15 is 0 Å². The van der Waals surface area contributed by atoms with Crippen molar-refractivity contribution in [1.82, 2.24) is 0 Å². The van der Waals surface area contributed by atoms with Gasteiger partial charge in [-0.15, -0.1) is 0 Å². The van der Waals surface area contributed by atoms with Crippen LogP contribution in [0.25, 0.3) is 0 Å². The Morgan fingerprint density at radius 2 is 0.905 bits per heavy atom. The van der Waals surface area contributed by atoms with E-state index in [1.807, 2.05) is 0 Å². The van der Waals surface area contributed by atoms with E-state index in [1.54, 1.807) is 10.4 Å². The quantitative estimate of drug-likeness (QED) is 0.720. The summed E-state index contributed by atoms with van der Waals surface area (Å²) >= 11 is 0. The molecule has 0 aliphatic rings. The van der Waals surface area contributed by atoms with E-state index in [4.69, 9.17) is 0 Å². The van der Waals surface area contributed by atoms with Crippen LogP contribution >= 0.6 is 0 Å². The second kappa shape index (κ2) is 7.30. The predicted octanol–water partition coefficient (Wildman–Crippen LogP) is 0.503. The van der Waals surface area contributed by atoms with E-state index < -0.39 is 15.2 Å². The van der Waals surface area contributed by atoms with Crippen LogP contribution in [0.4, 0.5) is 0 Å². The van der Waals surface area contributed by atoms with Crippen molar-refractivity contribution >= 4 is 33.4 Å². The minimum atomic E-state index is -1.34. The molecule has 21 heavy (non-hydrogen) atoms. The van der Waals surface area contributed by atoms with Gasteiger partial charge in [-0.3, -0.25) is 0 Å². The fourth-order valence-corrected chi connectivity index (χ4v) is 32.4.